The highest BCUT2D eigenvalue weighted by molar-refractivity contribution is 7.13. The van der Waals surface area contributed by atoms with Crippen LogP contribution in [0.2, 0.25) is 0 Å². The Morgan fingerprint density at radius 1 is 1.06 bits per heavy atom. The van der Waals surface area contributed by atoms with Crippen LogP contribution in [0, 0.1) is 0 Å². The topological polar surface area (TPSA) is 78.3 Å². The number of nitrogens with zero attached hydrogens (tertiary/aromatic N) is 3. The minimum absolute atomic E-state index is 0.112. The second-order valence-electron chi connectivity index (χ2n) is 9.69. The SMILES string of the molecule is COc1ccc(-c2nc(CC(=O)Nc3cc(C(C)(C)C)nn3C(C)(C)C)cs2)cc1OC. The summed E-state index contributed by atoms with van der Waals surface area (Å²) in [4.78, 5) is 17.5. The fourth-order valence-corrected chi connectivity index (χ4v) is 4.01. The molecule has 3 aromatic rings. The molecular formula is C24H32N4O3S. The highest BCUT2D eigenvalue weighted by Gasteiger charge is 2.26. The van der Waals surface area contributed by atoms with Crippen molar-refractivity contribution in [1.82, 2.24) is 14.8 Å². The molecule has 172 valence electrons. The zero-order chi connectivity index (χ0) is 23.7. The van der Waals surface area contributed by atoms with Crippen LogP contribution < -0.4 is 14.8 Å². The van der Waals surface area contributed by atoms with Gasteiger partial charge in [0.15, 0.2) is 11.5 Å². The maximum atomic E-state index is 12.8. The van der Waals surface area contributed by atoms with Gasteiger partial charge in [-0.05, 0) is 39.0 Å². The molecule has 0 fully saturated rings. The van der Waals surface area contributed by atoms with Gasteiger partial charge in [-0.15, -0.1) is 11.3 Å². The van der Waals surface area contributed by atoms with Gasteiger partial charge in [0.2, 0.25) is 5.91 Å². The van der Waals surface area contributed by atoms with Crippen LogP contribution in [-0.2, 0) is 22.2 Å². The number of methoxy groups -OCH3 is 2. The number of carbonyl (C=O) groups is 1. The number of hydrogen-bond acceptors (Lipinski definition) is 6. The number of anilines is 1. The van der Waals surface area contributed by atoms with Gasteiger partial charge in [0.05, 0.1) is 37.6 Å². The number of thiazole rings is 1. The van der Waals surface area contributed by atoms with Crippen molar-refractivity contribution in [1.29, 1.82) is 0 Å². The van der Waals surface area contributed by atoms with Gasteiger partial charge >= 0.3 is 0 Å². The Morgan fingerprint density at radius 3 is 2.34 bits per heavy atom. The van der Waals surface area contributed by atoms with E-state index < -0.39 is 0 Å². The summed E-state index contributed by atoms with van der Waals surface area (Å²) in [5.41, 5.74) is 2.20. The number of benzene rings is 1. The Labute approximate surface area is 193 Å². The number of hydrogen-bond donors (Lipinski definition) is 1. The first-order chi connectivity index (χ1) is 14.9. The van der Waals surface area contributed by atoms with Crippen molar-refractivity contribution in [2.45, 2.75) is 58.9 Å². The molecule has 0 unspecified atom stereocenters. The van der Waals surface area contributed by atoms with Crippen LogP contribution in [0.4, 0.5) is 5.82 Å². The zero-order valence-corrected chi connectivity index (χ0v) is 20.9. The number of ether oxygens (including phenoxy) is 2. The van der Waals surface area contributed by atoms with E-state index in [1.807, 2.05) is 34.3 Å². The van der Waals surface area contributed by atoms with Crippen molar-refractivity contribution in [3.8, 4) is 22.1 Å². The van der Waals surface area contributed by atoms with Crippen LogP contribution >= 0.6 is 11.3 Å². The summed E-state index contributed by atoms with van der Waals surface area (Å²) >= 11 is 1.49. The van der Waals surface area contributed by atoms with Gasteiger partial charge < -0.3 is 14.8 Å². The van der Waals surface area contributed by atoms with Gasteiger partial charge in [0.1, 0.15) is 10.8 Å². The Balaban J connectivity index is 1.77. The zero-order valence-electron chi connectivity index (χ0n) is 20.1. The van der Waals surface area contributed by atoms with E-state index >= 15 is 0 Å². The van der Waals surface area contributed by atoms with E-state index in [4.69, 9.17) is 14.6 Å². The molecule has 7 nitrogen and oxygen atoms in total. The van der Waals surface area contributed by atoms with Crippen molar-refractivity contribution in [2.24, 2.45) is 0 Å². The van der Waals surface area contributed by atoms with E-state index in [1.54, 1.807) is 14.2 Å². The molecule has 0 saturated carbocycles. The number of rotatable bonds is 6. The smallest absolute Gasteiger partial charge is 0.231 e. The first kappa shape index (κ1) is 23.8. The minimum Gasteiger partial charge on any atom is -0.493 e. The van der Waals surface area contributed by atoms with Crippen LogP contribution in [-0.4, -0.2) is 34.9 Å². The molecule has 32 heavy (non-hydrogen) atoms. The molecule has 0 aliphatic carbocycles. The molecule has 0 aliphatic heterocycles. The molecular weight excluding hydrogens is 424 g/mol. The first-order valence-electron chi connectivity index (χ1n) is 10.5. The molecule has 1 amide bonds. The molecule has 8 heteroatoms. The van der Waals surface area contributed by atoms with Crippen LogP contribution in [0.3, 0.4) is 0 Å². The fraction of sp³-hybridized carbons (Fsp3) is 0.458. The second kappa shape index (κ2) is 8.94. The minimum atomic E-state index is -0.257. The summed E-state index contributed by atoms with van der Waals surface area (Å²) in [7, 11) is 3.21. The molecule has 0 aliphatic rings. The predicted molar refractivity (Wildman–Crippen MR) is 129 cm³/mol. The first-order valence-corrected chi connectivity index (χ1v) is 11.4. The number of nitrogens with one attached hydrogen (secondary N) is 1. The molecule has 2 heterocycles. The van der Waals surface area contributed by atoms with Gasteiger partial charge in [0.25, 0.3) is 0 Å². The van der Waals surface area contributed by atoms with Crippen LogP contribution in [0.25, 0.3) is 10.6 Å². The number of amides is 1. The lowest BCUT2D eigenvalue weighted by molar-refractivity contribution is -0.115. The van der Waals surface area contributed by atoms with E-state index in [2.05, 4.69) is 51.8 Å². The third-order valence-corrected chi connectivity index (χ3v) is 5.84. The molecule has 0 radical (unpaired) electrons. The van der Waals surface area contributed by atoms with E-state index in [9.17, 15) is 4.79 Å². The molecule has 2 aromatic heterocycles. The molecule has 3 rings (SSSR count). The largest absolute Gasteiger partial charge is 0.493 e. The molecule has 0 atom stereocenters. The Hall–Kier alpha value is -2.87. The Bertz CT molecular complexity index is 1100. The molecule has 0 spiro atoms. The third-order valence-electron chi connectivity index (χ3n) is 4.90. The van der Waals surface area contributed by atoms with Gasteiger partial charge in [-0.2, -0.15) is 5.10 Å². The average molecular weight is 457 g/mol. The van der Waals surface area contributed by atoms with Crippen molar-refractivity contribution in [3.05, 3.63) is 41.0 Å². The number of aromatic nitrogens is 3. The van der Waals surface area contributed by atoms with E-state index in [1.165, 1.54) is 11.3 Å². The Morgan fingerprint density at radius 2 is 1.75 bits per heavy atom. The summed E-state index contributed by atoms with van der Waals surface area (Å²) in [6.07, 6.45) is 0.184. The summed E-state index contributed by atoms with van der Waals surface area (Å²) in [5, 5.41) is 10.5. The summed E-state index contributed by atoms with van der Waals surface area (Å²) in [5.74, 6) is 1.88. The van der Waals surface area contributed by atoms with Crippen molar-refractivity contribution in [3.63, 3.8) is 0 Å². The van der Waals surface area contributed by atoms with E-state index in [-0.39, 0.29) is 23.3 Å². The maximum absolute atomic E-state index is 12.8. The van der Waals surface area contributed by atoms with Crippen LogP contribution in [0.5, 0.6) is 11.5 Å². The lowest BCUT2D eigenvalue weighted by atomic mass is 9.92. The van der Waals surface area contributed by atoms with E-state index in [0.29, 0.717) is 17.3 Å². The third kappa shape index (κ3) is 5.30. The van der Waals surface area contributed by atoms with Crippen molar-refractivity contribution >= 4 is 23.1 Å². The van der Waals surface area contributed by atoms with Gasteiger partial charge in [-0.25, -0.2) is 9.67 Å². The van der Waals surface area contributed by atoms with Crippen LogP contribution in [0.1, 0.15) is 52.9 Å². The lowest BCUT2D eigenvalue weighted by Crippen LogP contribution is -2.27. The summed E-state index contributed by atoms with van der Waals surface area (Å²) in [6, 6.07) is 7.62. The van der Waals surface area contributed by atoms with Gasteiger partial charge in [0, 0.05) is 22.4 Å². The quantitative estimate of drug-likeness (QED) is 0.548. The van der Waals surface area contributed by atoms with E-state index in [0.717, 1.165) is 22.0 Å². The lowest BCUT2D eigenvalue weighted by Gasteiger charge is -2.23. The second-order valence-corrected chi connectivity index (χ2v) is 10.5. The van der Waals surface area contributed by atoms with Crippen LogP contribution in [0.15, 0.2) is 29.6 Å². The normalized spacial score (nSPS) is 12.0. The molecule has 1 aromatic carbocycles. The molecule has 0 saturated heterocycles. The Kier molecular flexibility index (Phi) is 6.64. The molecule has 0 bridgehead atoms. The van der Waals surface area contributed by atoms with Gasteiger partial charge in [-0.1, -0.05) is 20.8 Å². The van der Waals surface area contributed by atoms with Crippen molar-refractivity contribution < 1.29 is 14.3 Å². The predicted octanol–water partition coefficient (Wildman–Crippen LogP) is 5.26. The van der Waals surface area contributed by atoms with Gasteiger partial charge in [-0.3, -0.25) is 4.79 Å². The standard InChI is InChI=1S/C24H32N4O3S/c1-23(2,3)19-13-20(28(27-19)24(4,5)6)26-21(29)12-16-14-32-22(25-16)15-9-10-17(30-7)18(11-15)31-8/h9-11,13-14H,12H2,1-8H3,(H,26,29). The molecule has 1 N–H and O–H groups in total. The van der Waals surface area contributed by atoms with Crippen molar-refractivity contribution in [2.75, 3.05) is 19.5 Å². The maximum Gasteiger partial charge on any atom is 0.231 e. The summed E-state index contributed by atoms with van der Waals surface area (Å²) in [6.45, 7) is 12.5. The highest BCUT2D eigenvalue weighted by Crippen LogP contribution is 2.34. The number of carbonyl (C=O) groups excluding carboxylic acids is 1. The summed E-state index contributed by atoms with van der Waals surface area (Å²) < 4.78 is 12.6. The monoisotopic (exact) mass is 456 g/mol. The fourth-order valence-electron chi connectivity index (χ4n) is 3.19. The highest BCUT2D eigenvalue weighted by atomic mass is 32.1. The average Bonchev–Trinajstić information content (AvgIpc) is 3.34.